The Morgan fingerprint density at radius 3 is 2.77 bits per heavy atom. The van der Waals surface area contributed by atoms with Crippen LogP contribution >= 0.6 is 11.3 Å². The molecular weight excluding hydrogens is 305 g/mol. The standard InChI is InChI=1S/C15H14FN3O2S/c16-9-3-1-8(2-4-9)11-6-12(11)14(21)19-15-18-10(7-22-15)5-13(17)20/h1-4,7,11-12H,5-6H2,(H2,17,20)(H,18,19,21)/t11-,12+/m1/s1. The van der Waals surface area contributed by atoms with Crippen LogP contribution < -0.4 is 11.1 Å². The van der Waals surface area contributed by atoms with Crippen LogP contribution in [0.3, 0.4) is 0 Å². The number of carbonyl (C=O) groups is 2. The Labute approximate surface area is 130 Å². The summed E-state index contributed by atoms with van der Waals surface area (Å²) in [7, 11) is 0. The van der Waals surface area contributed by atoms with Gasteiger partial charge in [0, 0.05) is 11.3 Å². The molecule has 0 saturated heterocycles. The fraction of sp³-hybridized carbons (Fsp3) is 0.267. The molecule has 0 radical (unpaired) electrons. The molecule has 0 aliphatic heterocycles. The molecule has 1 aromatic heterocycles. The molecule has 1 aliphatic carbocycles. The lowest BCUT2D eigenvalue weighted by Crippen LogP contribution is -2.15. The number of thiazole rings is 1. The van der Waals surface area contributed by atoms with Crippen LogP contribution in [0.4, 0.5) is 9.52 Å². The summed E-state index contributed by atoms with van der Waals surface area (Å²) in [6.07, 6.45) is 0.811. The van der Waals surface area contributed by atoms with Gasteiger partial charge in [0.25, 0.3) is 0 Å². The average Bonchev–Trinajstić information content (AvgIpc) is 3.15. The molecule has 1 fully saturated rings. The van der Waals surface area contributed by atoms with Gasteiger partial charge in [0.05, 0.1) is 12.1 Å². The zero-order valence-corrected chi connectivity index (χ0v) is 12.4. The number of amides is 2. The number of primary amides is 1. The lowest BCUT2D eigenvalue weighted by molar-refractivity contribution is -0.118. The smallest absolute Gasteiger partial charge is 0.229 e. The third-order valence-corrected chi connectivity index (χ3v) is 4.37. The average molecular weight is 319 g/mol. The van der Waals surface area contributed by atoms with Crippen molar-refractivity contribution in [3.63, 3.8) is 0 Å². The number of aromatic nitrogens is 1. The van der Waals surface area contributed by atoms with E-state index in [-0.39, 0.29) is 30.0 Å². The van der Waals surface area contributed by atoms with Gasteiger partial charge >= 0.3 is 0 Å². The normalized spacial score (nSPS) is 19.7. The first-order valence-corrected chi connectivity index (χ1v) is 7.70. The highest BCUT2D eigenvalue weighted by Crippen LogP contribution is 2.48. The summed E-state index contributed by atoms with van der Waals surface area (Å²) in [5.41, 5.74) is 6.62. The summed E-state index contributed by atoms with van der Waals surface area (Å²) in [5, 5.41) is 4.91. The first-order chi connectivity index (χ1) is 10.5. The number of nitrogens with two attached hydrogens (primary N) is 1. The van der Waals surface area contributed by atoms with Gasteiger partial charge in [-0.05, 0) is 30.0 Å². The van der Waals surface area contributed by atoms with Gasteiger partial charge in [-0.1, -0.05) is 12.1 Å². The second-order valence-corrected chi connectivity index (χ2v) is 6.13. The monoisotopic (exact) mass is 319 g/mol. The molecule has 1 saturated carbocycles. The van der Waals surface area contributed by atoms with Crippen molar-refractivity contribution in [2.45, 2.75) is 18.8 Å². The van der Waals surface area contributed by atoms with E-state index >= 15 is 0 Å². The van der Waals surface area contributed by atoms with Crippen LogP contribution in [0.5, 0.6) is 0 Å². The van der Waals surface area contributed by atoms with Gasteiger partial charge < -0.3 is 11.1 Å². The molecule has 1 aliphatic rings. The zero-order chi connectivity index (χ0) is 15.7. The molecule has 3 rings (SSSR count). The van der Waals surface area contributed by atoms with Crippen molar-refractivity contribution in [3.05, 3.63) is 46.7 Å². The maximum Gasteiger partial charge on any atom is 0.229 e. The number of anilines is 1. The third-order valence-electron chi connectivity index (χ3n) is 3.56. The summed E-state index contributed by atoms with van der Waals surface area (Å²) in [6, 6.07) is 6.22. The first-order valence-electron chi connectivity index (χ1n) is 6.82. The Hall–Kier alpha value is -2.28. The van der Waals surface area contributed by atoms with Crippen LogP contribution in [0.15, 0.2) is 29.6 Å². The van der Waals surface area contributed by atoms with E-state index in [1.165, 1.54) is 23.5 Å². The minimum atomic E-state index is -0.457. The number of rotatable bonds is 5. The van der Waals surface area contributed by atoms with Gasteiger partial charge in [0.2, 0.25) is 11.8 Å². The summed E-state index contributed by atoms with van der Waals surface area (Å²) in [6.45, 7) is 0. The molecule has 5 nitrogen and oxygen atoms in total. The molecule has 1 aromatic carbocycles. The molecule has 0 unspecified atom stereocenters. The van der Waals surface area contributed by atoms with Crippen molar-refractivity contribution in [3.8, 4) is 0 Å². The molecule has 2 amide bonds. The van der Waals surface area contributed by atoms with Crippen molar-refractivity contribution in [2.24, 2.45) is 11.7 Å². The van der Waals surface area contributed by atoms with Crippen LogP contribution in [-0.4, -0.2) is 16.8 Å². The highest BCUT2D eigenvalue weighted by Gasteiger charge is 2.44. The van der Waals surface area contributed by atoms with Gasteiger partial charge in [-0.15, -0.1) is 11.3 Å². The number of nitrogens with zero attached hydrogens (tertiary/aromatic N) is 1. The van der Waals surface area contributed by atoms with E-state index in [1.807, 2.05) is 0 Å². The Bertz CT molecular complexity index is 714. The van der Waals surface area contributed by atoms with Gasteiger partial charge in [-0.25, -0.2) is 9.37 Å². The van der Waals surface area contributed by atoms with Crippen molar-refractivity contribution in [1.29, 1.82) is 0 Å². The minimum Gasteiger partial charge on any atom is -0.369 e. The van der Waals surface area contributed by atoms with E-state index in [0.717, 1.165) is 12.0 Å². The van der Waals surface area contributed by atoms with Gasteiger partial charge in [-0.2, -0.15) is 0 Å². The maximum atomic E-state index is 12.9. The summed E-state index contributed by atoms with van der Waals surface area (Å²) >= 11 is 1.26. The fourth-order valence-electron chi connectivity index (χ4n) is 2.39. The predicted octanol–water partition coefficient (Wildman–Crippen LogP) is 2.05. The number of nitrogens with one attached hydrogen (secondary N) is 1. The molecule has 2 atom stereocenters. The molecule has 0 spiro atoms. The SMILES string of the molecule is NC(=O)Cc1csc(NC(=O)[C@H]2C[C@@H]2c2ccc(F)cc2)n1. The van der Waals surface area contributed by atoms with Crippen LogP contribution in [-0.2, 0) is 16.0 Å². The van der Waals surface area contributed by atoms with Crippen molar-refractivity contribution in [2.75, 3.05) is 5.32 Å². The van der Waals surface area contributed by atoms with Gasteiger partial charge in [0.15, 0.2) is 5.13 Å². The molecular formula is C15H14FN3O2S. The molecule has 3 N–H and O–H groups in total. The van der Waals surface area contributed by atoms with Crippen molar-refractivity contribution < 1.29 is 14.0 Å². The van der Waals surface area contributed by atoms with E-state index in [4.69, 9.17) is 5.73 Å². The number of hydrogen-bond donors (Lipinski definition) is 2. The Morgan fingerprint density at radius 2 is 2.09 bits per heavy atom. The summed E-state index contributed by atoms with van der Waals surface area (Å²) in [5.74, 6) is -0.828. The van der Waals surface area contributed by atoms with Crippen LogP contribution in [0, 0.1) is 11.7 Å². The topological polar surface area (TPSA) is 85.1 Å². The molecule has 7 heteroatoms. The highest BCUT2D eigenvalue weighted by atomic mass is 32.1. The molecule has 0 bridgehead atoms. The molecule has 2 aromatic rings. The largest absolute Gasteiger partial charge is 0.369 e. The van der Waals surface area contributed by atoms with E-state index < -0.39 is 5.91 Å². The van der Waals surface area contributed by atoms with Crippen molar-refractivity contribution in [1.82, 2.24) is 4.98 Å². The quantitative estimate of drug-likeness (QED) is 0.884. The second-order valence-electron chi connectivity index (χ2n) is 5.28. The van der Waals surface area contributed by atoms with E-state index in [0.29, 0.717) is 10.8 Å². The summed E-state index contributed by atoms with van der Waals surface area (Å²) < 4.78 is 12.9. The number of halogens is 1. The Morgan fingerprint density at radius 1 is 1.36 bits per heavy atom. The van der Waals surface area contributed by atoms with Gasteiger partial charge in [-0.3, -0.25) is 9.59 Å². The fourth-order valence-corrected chi connectivity index (χ4v) is 3.10. The molecule has 22 heavy (non-hydrogen) atoms. The third kappa shape index (κ3) is 3.30. The number of carbonyl (C=O) groups excluding carboxylic acids is 2. The lowest BCUT2D eigenvalue weighted by Gasteiger charge is -2.01. The Kier molecular flexibility index (Phi) is 3.89. The maximum absolute atomic E-state index is 12.9. The number of benzene rings is 1. The molecule has 1 heterocycles. The number of hydrogen-bond acceptors (Lipinski definition) is 4. The van der Waals surface area contributed by atoms with Crippen LogP contribution in [0.2, 0.25) is 0 Å². The van der Waals surface area contributed by atoms with Gasteiger partial charge in [0.1, 0.15) is 5.82 Å². The highest BCUT2D eigenvalue weighted by molar-refractivity contribution is 7.13. The van der Waals surface area contributed by atoms with E-state index in [1.54, 1.807) is 17.5 Å². The van der Waals surface area contributed by atoms with E-state index in [2.05, 4.69) is 10.3 Å². The zero-order valence-electron chi connectivity index (χ0n) is 11.6. The predicted molar refractivity (Wildman–Crippen MR) is 80.9 cm³/mol. The lowest BCUT2D eigenvalue weighted by atomic mass is 10.1. The van der Waals surface area contributed by atoms with Crippen molar-refractivity contribution >= 4 is 28.3 Å². The van der Waals surface area contributed by atoms with E-state index in [9.17, 15) is 14.0 Å². The summed E-state index contributed by atoms with van der Waals surface area (Å²) in [4.78, 5) is 27.1. The molecule has 114 valence electrons. The first kappa shape index (κ1) is 14.6. The Balaban J connectivity index is 1.58. The van der Waals surface area contributed by atoms with Crippen LogP contribution in [0.1, 0.15) is 23.6 Å². The minimum absolute atomic E-state index is 0.0635. The second kappa shape index (κ2) is 5.84. The van der Waals surface area contributed by atoms with Crippen LogP contribution in [0.25, 0.3) is 0 Å².